The van der Waals surface area contributed by atoms with E-state index in [-0.39, 0.29) is 0 Å². The molecule has 0 saturated carbocycles. The van der Waals surface area contributed by atoms with Crippen molar-refractivity contribution in [3.63, 3.8) is 0 Å². The summed E-state index contributed by atoms with van der Waals surface area (Å²) in [6, 6.07) is 9.95. The number of thiophene rings is 1. The van der Waals surface area contributed by atoms with E-state index in [1.165, 1.54) is 0 Å². The Labute approximate surface area is 127 Å². The SMILES string of the molecule is CCNc1nc(-c2cccc(OCC)c2)nc2sccc12. The summed E-state index contributed by atoms with van der Waals surface area (Å²) in [6.07, 6.45) is 0. The molecule has 0 spiro atoms. The highest BCUT2D eigenvalue weighted by atomic mass is 32.1. The predicted molar refractivity (Wildman–Crippen MR) is 88.2 cm³/mol. The number of rotatable bonds is 5. The van der Waals surface area contributed by atoms with E-state index in [0.717, 1.165) is 39.7 Å². The Kier molecular flexibility index (Phi) is 4.01. The van der Waals surface area contributed by atoms with E-state index < -0.39 is 0 Å². The first-order valence-electron chi connectivity index (χ1n) is 7.04. The molecule has 3 aromatic rings. The van der Waals surface area contributed by atoms with Crippen molar-refractivity contribution in [2.24, 2.45) is 0 Å². The average Bonchev–Trinajstić information content (AvgIpc) is 2.97. The zero-order chi connectivity index (χ0) is 14.7. The molecule has 0 amide bonds. The maximum absolute atomic E-state index is 5.55. The largest absolute Gasteiger partial charge is 0.494 e. The first-order chi connectivity index (χ1) is 10.3. The lowest BCUT2D eigenvalue weighted by atomic mass is 10.2. The van der Waals surface area contributed by atoms with Crippen molar-refractivity contribution in [2.45, 2.75) is 13.8 Å². The van der Waals surface area contributed by atoms with E-state index >= 15 is 0 Å². The van der Waals surface area contributed by atoms with Crippen LogP contribution in [0.4, 0.5) is 5.82 Å². The van der Waals surface area contributed by atoms with Crippen LogP contribution >= 0.6 is 11.3 Å². The van der Waals surface area contributed by atoms with Gasteiger partial charge >= 0.3 is 0 Å². The number of ether oxygens (including phenoxy) is 1. The Hall–Kier alpha value is -2.14. The van der Waals surface area contributed by atoms with Gasteiger partial charge in [0, 0.05) is 12.1 Å². The summed E-state index contributed by atoms with van der Waals surface area (Å²) in [5, 5.41) is 6.43. The van der Waals surface area contributed by atoms with Crippen molar-refractivity contribution < 1.29 is 4.74 Å². The van der Waals surface area contributed by atoms with Gasteiger partial charge in [0.25, 0.3) is 0 Å². The smallest absolute Gasteiger partial charge is 0.163 e. The van der Waals surface area contributed by atoms with Gasteiger partial charge in [-0.1, -0.05) is 12.1 Å². The van der Waals surface area contributed by atoms with E-state index in [2.05, 4.69) is 28.3 Å². The van der Waals surface area contributed by atoms with Crippen LogP contribution in [0.3, 0.4) is 0 Å². The van der Waals surface area contributed by atoms with Gasteiger partial charge in [0.15, 0.2) is 5.82 Å². The normalized spacial score (nSPS) is 10.8. The zero-order valence-electron chi connectivity index (χ0n) is 12.1. The number of nitrogens with one attached hydrogen (secondary N) is 1. The molecule has 0 aliphatic carbocycles. The van der Waals surface area contributed by atoms with E-state index in [4.69, 9.17) is 4.74 Å². The predicted octanol–water partition coefficient (Wildman–Crippen LogP) is 4.19. The minimum atomic E-state index is 0.650. The Morgan fingerprint density at radius 2 is 2.10 bits per heavy atom. The number of hydrogen-bond donors (Lipinski definition) is 1. The van der Waals surface area contributed by atoms with Crippen LogP contribution in [0.5, 0.6) is 5.75 Å². The van der Waals surface area contributed by atoms with E-state index in [1.54, 1.807) is 11.3 Å². The van der Waals surface area contributed by atoms with Crippen molar-refractivity contribution >= 4 is 27.4 Å². The molecule has 1 aromatic carbocycles. The van der Waals surface area contributed by atoms with Crippen LogP contribution in [0.1, 0.15) is 13.8 Å². The summed E-state index contributed by atoms with van der Waals surface area (Å²) in [6.45, 7) is 5.52. The lowest BCUT2D eigenvalue weighted by Gasteiger charge is -2.08. The van der Waals surface area contributed by atoms with Gasteiger partial charge in [0.1, 0.15) is 16.4 Å². The Balaban J connectivity index is 2.09. The van der Waals surface area contributed by atoms with Crippen LogP contribution in [0.15, 0.2) is 35.7 Å². The first kappa shape index (κ1) is 13.8. The lowest BCUT2D eigenvalue weighted by Crippen LogP contribution is -2.02. The molecule has 0 unspecified atom stereocenters. The molecule has 0 radical (unpaired) electrons. The lowest BCUT2D eigenvalue weighted by molar-refractivity contribution is 0.340. The number of aromatic nitrogens is 2. The molecule has 2 aromatic heterocycles. The highest BCUT2D eigenvalue weighted by molar-refractivity contribution is 7.16. The molecule has 0 fully saturated rings. The third-order valence-corrected chi connectivity index (χ3v) is 3.88. The molecular weight excluding hydrogens is 282 g/mol. The molecule has 0 aliphatic heterocycles. The first-order valence-corrected chi connectivity index (χ1v) is 7.92. The van der Waals surface area contributed by atoms with Crippen molar-refractivity contribution in [3.05, 3.63) is 35.7 Å². The average molecular weight is 299 g/mol. The van der Waals surface area contributed by atoms with Crippen LogP contribution in [0.25, 0.3) is 21.6 Å². The Morgan fingerprint density at radius 1 is 1.19 bits per heavy atom. The maximum Gasteiger partial charge on any atom is 0.163 e. The minimum absolute atomic E-state index is 0.650. The van der Waals surface area contributed by atoms with Gasteiger partial charge in [-0.15, -0.1) is 11.3 Å². The fourth-order valence-electron chi connectivity index (χ4n) is 2.18. The maximum atomic E-state index is 5.55. The number of benzene rings is 1. The highest BCUT2D eigenvalue weighted by Gasteiger charge is 2.10. The highest BCUT2D eigenvalue weighted by Crippen LogP contribution is 2.29. The van der Waals surface area contributed by atoms with Gasteiger partial charge in [-0.25, -0.2) is 9.97 Å². The molecule has 0 atom stereocenters. The second kappa shape index (κ2) is 6.10. The standard InChI is InChI=1S/C16H17N3OS/c1-3-17-15-13-8-9-21-16(13)19-14(18-15)11-6-5-7-12(10-11)20-4-2/h5-10H,3-4H2,1-2H3,(H,17,18,19). The topological polar surface area (TPSA) is 47.0 Å². The van der Waals surface area contributed by atoms with Gasteiger partial charge in [-0.3, -0.25) is 0 Å². The number of anilines is 1. The van der Waals surface area contributed by atoms with E-state index in [1.807, 2.05) is 36.6 Å². The van der Waals surface area contributed by atoms with E-state index in [9.17, 15) is 0 Å². The molecule has 1 N–H and O–H groups in total. The van der Waals surface area contributed by atoms with Crippen molar-refractivity contribution in [2.75, 3.05) is 18.5 Å². The minimum Gasteiger partial charge on any atom is -0.494 e. The molecule has 0 saturated heterocycles. The van der Waals surface area contributed by atoms with Crippen molar-refractivity contribution in [3.8, 4) is 17.1 Å². The third kappa shape index (κ3) is 2.83. The monoisotopic (exact) mass is 299 g/mol. The summed E-state index contributed by atoms with van der Waals surface area (Å²) < 4.78 is 5.55. The Bertz CT molecular complexity index is 754. The molecule has 21 heavy (non-hydrogen) atoms. The molecule has 108 valence electrons. The van der Waals surface area contributed by atoms with Gasteiger partial charge in [0.05, 0.1) is 12.0 Å². The molecule has 4 nitrogen and oxygen atoms in total. The zero-order valence-corrected chi connectivity index (χ0v) is 12.9. The molecule has 2 heterocycles. The van der Waals surface area contributed by atoms with Gasteiger partial charge in [-0.2, -0.15) is 0 Å². The third-order valence-electron chi connectivity index (χ3n) is 3.07. The van der Waals surface area contributed by atoms with Gasteiger partial charge in [0.2, 0.25) is 0 Å². The molecule has 0 bridgehead atoms. The second-order valence-corrected chi connectivity index (χ2v) is 5.42. The van der Waals surface area contributed by atoms with Crippen LogP contribution in [-0.4, -0.2) is 23.1 Å². The summed E-state index contributed by atoms with van der Waals surface area (Å²) in [7, 11) is 0. The van der Waals surface area contributed by atoms with Gasteiger partial charge < -0.3 is 10.1 Å². The quantitative estimate of drug-likeness (QED) is 0.767. The summed E-state index contributed by atoms with van der Waals surface area (Å²) in [5.41, 5.74) is 0.968. The van der Waals surface area contributed by atoms with Crippen LogP contribution in [0, 0.1) is 0 Å². The van der Waals surface area contributed by atoms with E-state index in [0.29, 0.717) is 6.61 Å². The fraction of sp³-hybridized carbons (Fsp3) is 0.250. The number of nitrogens with zero attached hydrogens (tertiary/aromatic N) is 2. The molecule has 3 rings (SSSR count). The second-order valence-electron chi connectivity index (χ2n) is 4.53. The number of fused-ring (bicyclic) bond motifs is 1. The summed E-state index contributed by atoms with van der Waals surface area (Å²) >= 11 is 1.63. The fourth-order valence-corrected chi connectivity index (χ4v) is 2.94. The van der Waals surface area contributed by atoms with Crippen molar-refractivity contribution in [1.82, 2.24) is 9.97 Å². The molecular formula is C16H17N3OS. The number of hydrogen-bond acceptors (Lipinski definition) is 5. The summed E-state index contributed by atoms with van der Waals surface area (Å²) in [5.74, 6) is 2.46. The Morgan fingerprint density at radius 3 is 2.90 bits per heavy atom. The van der Waals surface area contributed by atoms with Crippen LogP contribution < -0.4 is 10.1 Å². The van der Waals surface area contributed by atoms with Gasteiger partial charge in [-0.05, 0) is 37.4 Å². The van der Waals surface area contributed by atoms with Crippen molar-refractivity contribution in [1.29, 1.82) is 0 Å². The van der Waals surface area contributed by atoms with Crippen LogP contribution in [-0.2, 0) is 0 Å². The summed E-state index contributed by atoms with van der Waals surface area (Å²) in [4.78, 5) is 10.3. The molecule has 0 aliphatic rings. The molecule has 5 heteroatoms. The van der Waals surface area contributed by atoms with Crippen LogP contribution in [0.2, 0.25) is 0 Å².